The molecule has 0 atom stereocenters. The van der Waals surface area contributed by atoms with E-state index in [9.17, 15) is 4.79 Å². The molecule has 1 aliphatic heterocycles. The highest BCUT2D eigenvalue weighted by Crippen LogP contribution is 2.25. The topological polar surface area (TPSA) is 48.5 Å². The normalized spacial score (nSPS) is 14.4. The SMILES string of the molecule is CCN1CCN(c2ccc(NC(=O)c3ccc(SCc4cccnc4)cc3)c(C)c2)CC1. The van der Waals surface area contributed by atoms with E-state index < -0.39 is 0 Å². The van der Waals surface area contributed by atoms with Gasteiger partial charge < -0.3 is 15.1 Å². The number of piperazine rings is 1. The average molecular weight is 447 g/mol. The Hall–Kier alpha value is -2.83. The van der Waals surface area contributed by atoms with Crippen molar-refractivity contribution in [1.29, 1.82) is 0 Å². The van der Waals surface area contributed by atoms with E-state index in [2.05, 4.69) is 52.1 Å². The summed E-state index contributed by atoms with van der Waals surface area (Å²) in [6, 6.07) is 18.1. The molecule has 0 spiro atoms. The second kappa shape index (κ2) is 10.7. The molecule has 3 aromatic rings. The molecule has 0 radical (unpaired) electrons. The van der Waals surface area contributed by atoms with Crippen molar-refractivity contribution in [2.45, 2.75) is 24.5 Å². The van der Waals surface area contributed by atoms with E-state index in [1.807, 2.05) is 42.6 Å². The van der Waals surface area contributed by atoms with Gasteiger partial charge in [0.1, 0.15) is 0 Å². The number of likely N-dealkylation sites (N-methyl/N-ethyl adjacent to an activating group) is 1. The molecule has 166 valence electrons. The van der Waals surface area contributed by atoms with Crippen LogP contribution in [0, 0.1) is 6.92 Å². The maximum absolute atomic E-state index is 12.8. The lowest BCUT2D eigenvalue weighted by atomic mass is 10.1. The molecular formula is C26H30N4OS. The van der Waals surface area contributed by atoms with Crippen LogP contribution in [0.4, 0.5) is 11.4 Å². The molecule has 5 nitrogen and oxygen atoms in total. The zero-order chi connectivity index (χ0) is 22.3. The van der Waals surface area contributed by atoms with Crippen molar-refractivity contribution in [1.82, 2.24) is 9.88 Å². The maximum Gasteiger partial charge on any atom is 0.255 e. The second-order valence-corrected chi connectivity index (χ2v) is 9.10. The zero-order valence-electron chi connectivity index (χ0n) is 18.8. The molecule has 2 aromatic carbocycles. The van der Waals surface area contributed by atoms with Crippen molar-refractivity contribution in [3.05, 3.63) is 83.7 Å². The number of aromatic nitrogens is 1. The van der Waals surface area contributed by atoms with E-state index in [4.69, 9.17) is 0 Å². The first-order valence-corrected chi connectivity index (χ1v) is 12.1. The molecule has 1 aliphatic rings. The first kappa shape index (κ1) is 22.4. The molecule has 1 fully saturated rings. The molecule has 2 heterocycles. The molecule has 4 rings (SSSR count). The van der Waals surface area contributed by atoms with Crippen molar-refractivity contribution in [2.24, 2.45) is 0 Å². The van der Waals surface area contributed by atoms with Crippen molar-refractivity contribution in [2.75, 3.05) is 42.9 Å². The molecule has 1 saturated heterocycles. The van der Waals surface area contributed by atoms with Gasteiger partial charge >= 0.3 is 0 Å². The van der Waals surface area contributed by atoms with Crippen LogP contribution in [-0.2, 0) is 5.75 Å². The number of pyridine rings is 1. The fraction of sp³-hybridized carbons (Fsp3) is 0.308. The Balaban J connectivity index is 1.34. The monoisotopic (exact) mass is 446 g/mol. The van der Waals surface area contributed by atoms with Crippen LogP contribution in [0.1, 0.15) is 28.4 Å². The van der Waals surface area contributed by atoms with Crippen molar-refractivity contribution >= 4 is 29.0 Å². The Morgan fingerprint density at radius 1 is 1.06 bits per heavy atom. The zero-order valence-corrected chi connectivity index (χ0v) is 19.6. The molecule has 32 heavy (non-hydrogen) atoms. The third-order valence-electron chi connectivity index (χ3n) is 5.89. The van der Waals surface area contributed by atoms with Crippen LogP contribution in [0.3, 0.4) is 0 Å². The molecule has 6 heteroatoms. The predicted octanol–water partition coefficient (Wildman–Crippen LogP) is 5.08. The minimum Gasteiger partial charge on any atom is -0.369 e. The van der Waals surface area contributed by atoms with Crippen LogP contribution in [0.25, 0.3) is 0 Å². The highest BCUT2D eigenvalue weighted by Gasteiger charge is 2.17. The van der Waals surface area contributed by atoms with Crippen LogP contribution in [0.2, 0.25) is 0 Å². The van der Waals surface area contributed by atoms with Gasteiger partial charge in [0.05, 0.1) is 0 Å². The van der Waals surface area contributed by atoms with E-state index in [-0.39, 0.29) is 5.91 Å². The van der Waals surface area contributed by atoms with Crippen molar-refractivity contribution in [3.63, 3.8) is 0 Å². The van der Waals surface area contributed by atoms with Gasteiger partial charge in [-0.25, -0.2) is 0 Å². The Labute approximate surface area is 194 Å². The average Bonchev–Trinajstić information content (AvgIpc) is 2.85. The van der Waals surface area contributed by atoms with Gasteiger partial charge in [-0.3, -0.25) is 9.78 Å². The second-order valence-electron chi connectivity index (χ2n) is 8.05. The summed E-state index contributed by atoms with van der Waals surface area (Å²) in [5.41, 5.74) is 5.02. The first-order valence-electron chi connectivity index (χ1n) is 11.1. The standard InChI is InChI=1S/C26H30N4OS/c1-3-29-13-15-30(16-14-29)23-8-11-25(20(2)17-23)28-26(31)22-6-9-24(10-7-22)32-19-21-5-4-12-27-18-21/h4-12,17-18H,3,13-16,19H2,1-2H3,(H,28,31). The van der Waals surface area contributed by atoms with Crippen LogP contribution >= 0.6 is 11.8 Å². The van der Waals surface area contributed by atoms with Gasteiger partial charge in [0.15, 0.2) is 0 Å². The summed E-state index contributed by atoms with van der Waals surface area (Å²) in [5, 5.41) is 3.07. The number of benzene rings is 2. The van der Waals surface area contributed by atoms with E-state index in [0.717, 1.165) is 54.6 Å². The molecule has 0 unspecified atom stereocenters. The summed E-state index contributed by atoms with van der Waals surface area (Å²) in [4.78, 5) is 22.9. The summed E-state index contributed by atoms with van der Waals surface area (Å²) < 4.78 is 0. The van der Waals surface area contributed by atoms with Gasteiger partial charge in [-0.15, -0.1) is 11.8 Å². The number of hydrogen-bond donors (Lipinski definition) is 1. The number of nitrogens with one attached hydrogen (secondary N) is 1. The Morgan fingerprint density at radius 3 is 2.50 bits per heavy atom. The summed E-state index contributed by atoms with van der Waals surface area (Å²) in [6.45, 7) is 9.68. The molecule has 1 aromatic heterocycles. The minimum absolute atomic E-state index is 0.0822. The largest absolute Gasteiger partial charge is 0.369 e. The fourth-order valence-electron chi connectivity index (χ4n) is 3.85. The van der Waals surface area contributed by atoms with E-state index in [0.29, 0.717) is 5.56 Å². The summed E-state index contributed by atoms with van der Waals surface area (Å²) >= 11 is 1.74. The number of nitrogens with zero attached hydrogens (tertiary/aromatic N) is 3. The third kappa shape index (κ3) is 5.69. The van der Waals surface area contributed by atoms with Crippen LogP contribution < -0.4 is 10.2 Å². The number of aryl methyl sites for hydroxylation is 1. The van der Waals surface area contributed by atoms with Crippen molar-refractivity contribution < 1.29 is 4.79 Å². The Morgan fingerprint density at radius 2 is 1.84 bits per heavy atom. The van der Waals surface area contributed by atoms with Gasteiger partial charge in [-0.2, -0.15) is 0 Å². The van der Waals surface area contributed by atoms with E-state index in [1.165, 1.54) is 11.3 Å². The van der Waals surface area contributed by atoms with Crippen LogP contribution in [0.5, 0.6) is 0 Å². The number of rotatable bonds is 7. The molecular weight excluding hydrogens is 416 g/mol. The van der Waals surface area contributed by atoms with E-state index in [1.54, 1.807) is 18.0 Å². The molecule has 0 aliphatic carbocycles. The highest BCUT2D eigenvalue weighted by atomic mass is 32.2. The molecule has 0 bridgehead atoms. The lowest BCUT2D eigenvalue weighted by molar-refractivity contribution is 0.102. The van der Waals surface area contributed by atoms with Crippen LogP contribution in [0.15, 0.2) is 71.9 Å². The lowest BCUT2D eigenvalue weighted by Gasteiger charge is -2.35. The fourth-order valence-corrected chi connectivity index (χ4v) is 4.69. The first-order chi connectivity index (χ1) is 15.6. The number of anilines is 2. The summed E-state index contributed by atoms with van der Waals surface area (Å²) in [5.74, 6) is 0.777. The number of carbonyl (C=O) groups excluding carboxylic acids is 1. The van der Waals surface area contributed by atoms with Crippen molar-refractivity contribution in [3.8, 4) is 0 Å². The molecule has 1 amide bonds. The Kier molecular flexibility index (Phi) is 7.45. The number of amides is 1. The quantitative estimate of drug-likeness (QED) is 0.513. The molecule has 0 saturated carbocycles. The predicted molar refractivity (Wildman–Crippen MR) is 134 cm³/mol. The number of carbonyl (C=O) groups is 1. The van der Waals surface area contributed by atoms with Gasteiger partial charge in [0, 0.05) is 66.2 Å². The third-order valence-corrected chi connectivity index (χ3v) is 6.97. The number of thioether (sulfide) groups is 1. The highest BCUT2D eigenvalue weighted by molar-refractivity contribution is 7.98. The summed E-state index contributed by atoms with van der Waals surface area (Å²) in [6.07, 6.45) is 3.66. The summed E-state index contributed by atoms with van der Waals surface area (Å²) in [7, 11) is 0. The van der Waals surface area contributed by atoms with E-state index >= 15 is 0 Å². The van der Waals surface area contributed by atoms with Gasteiger partial charge in [-0.05, 0) is 73.1 Å². The molecule has 1 N–H and O–H groups in total. The maximum atomic E-state index is 12.8. The number of hydrogen-bond acceptors (Lipinski definition) is 5. The van der Waals surface area contributed by atoms with Gasteiger partial charge in [0.2, 0.25) is 0 Å². The van der Waals surface area contributed by atoms with Gasteiger partial charge in [0.25, 0.3) is 5.91 Å². The van der Waals surface area contributed by atoms with Gasteiger partial charge in [-0.1, -0.05) is 13.0 Å². The minimum atomic E-state index is -0.0822. The van der Waals surface area contributed by atoms with Crippen LogP contribution in [-0.4, -0.2) is 48.5 Å². The smallest absolute Gasteiger partial charge is 0.255 e. The lowest BCUT2D eigenvalue weighted by Crippen LogP contribution is -2.46. The Bertz CT molecular complexity index is 1030.